The Morgan fingerprint density at radius 1 is 1.07 bits per heavy atom. The smallest absolute Gasteiger partial charge is 0.308 e. The molecule has 2 N–H and O–H groups in total. The number of amides is 2. The number of rotatable bonds is 7. The van der Waals surface area contributed by atoms with Crippen LogP contribution in [-0.2, 0) is 19.1 Å². The number of ether oxygens (including phenoxy) is 1. The number of anilines is 1. The molecule has 2 aromatic carbocycles. The van der Waals surface area contributed by atoms with E-state index in [0.717, 1.165) is 5.56 Å². The van der Waals surface area contributed by atoms with Crippen molar-refractivity contribution >= 4 is 46.7 Å². The summed E-state index contributed by atoms with van der Waals surface area (Å²) in [6.07, 6.45) is -0.102. The third-order valence-electron chi connectivity index (χ3n) is 3.52. The predicted octanol–water partition coefficient (Wildman–Crippen LogP) is 3.74. The van der Waals surface area contributed by atoms with Gasteiger partial charge in [-0.05, 0) is 23.8 Å². The van der Waals surface area contributed by atoms with Crippen molar-refractivity contribution in [1.82, 2.24) is 5.32 Å². The Bertz CT molecular complexity index is 828. The summed E-state index contributed by atoms with van der Waals surface area (Å²) in [6, 6.07) is 13.1. The molecule has 2 aromatic rings. The number of hydrogen-bond donors (Lipinski definition) is 2. The van der Waals surface area contributed by atoms with Gasteiger partial charge in [0.15, 0.2) is 6.61 Å². The highest BCUT2D eigenvalue weighted by atomic mass is 35.5. The fourth-order valence-corrected chi connectivity index (χ4v) is 2.67. The Morgan fingerprint density at radius 3 is 2.44 bits per heavy atom. The van der Waals surface area contributed by atoms with Crippen LogP contribution in [0.15, 0.2) is 48.5 Å². The van der Waals surface area contributed by atoms with Gasteiger partial charge >= 0.3 is 5.97 Å². The summed E-state index contributed by atoms with van der Waals surface area (Å²) in [5.74, 6) is -1.45. The first-order valence-electron chi connectivity index (χ1n) is 8.07. The third kappa shape index (κ3) is 6.92. The molecular weight excluding hydrogens is 391 g/mol. The molecule has 8 heteroatoms. The normalized spacial score (nSPS) is 11.4. The van der Waals surface area contributed by atoms with Crippen LogP contribution < -0.4 is 10.6 Å². The summed E-state index contributed by atoms with van der Waals surface area (Å²) in [5.41, 5.74) is 1.09. The van der Waals surface area contributed by atoms with Gasteiger partial charge in [-0.25, -0.2) is 0 Å². The van der Waals surface area contributed by atoms with Gasteiger partial charge in [0.1, 0.15) is 0 Å². The van der Waals surface area contributed by atoms with Gasteiger partial charge in [-0.15, -0.1) is 0 Å². The number of hydrogen-bond acceptors (Lipinski definition) is 4. The maximum absolute atomic E-state index is 12.1. The van der Waals surface area contributed by atoms with Crippen molar-refractivity contribution in [3.05, 3.63) is 64.1 Å². The molecule has 0 aliphatic carbocycles. The molecule has 0 unspecified atom stereocenters. The molecule has 0 spiro atoms. The van der Waals surface area contributed by atoms with Crippen molar-refractivity contribution in [3.63, 3.8) is 0 Å². The van der Waals surface area contributed by atoms with Crippen LogP contribution in [0.25, 0.3) is 0 Å². The second-order valence-electron chi connectivity index (χ2n) is 5.70. The van der Waals surface area contributed by atoms with Crippen molar-refractivity contribution in [3.8, 4) is 0 Å². The van der Waals surface area contributed by atoms with Crippen LogP contribution in [0.5, 0.6) is 0 Å². The van der Waals surface area contributed by atoms with Crippen LogP contribution in [0.4, 0.5) is 5.69 Å². The molecule has 0 fully saturated rings. The van der Waals surface area contributed by atoms with Gasteiger partial charge < -0.3 is 15.4 Å². The summed E-state index contributed by atoms with van der Waals surface area (Å²) < 4.78 is 5.00. The monoisotopic (exact) mass is 408 g/mol. The first-order valence-corrected chi connectivity index (χ1v) is 8.83. The van der Waals surface area contributed by atoms with Crippen molar-refractivity contribution in [1.29, 1.82) is 0 Å². The minimum absolute atomic E-state index is 0.102. The van der Waals surface area contributed by atoms with E-state index < -0.39 is 24.5 Å². The molecule has 0 aliphatic rings. The molecule has 0 radical (unpaired) electrons. The molecule has 2 rings (SSSR count). The van der Waals surface area contributed by atoms with E-state index in [1.165, 1.54) is 13.0 Å². The number of carbonyl (C=O) groups is 3. The van der Waals surface area contributed by atoms with E-state index in [2.05, 4.69) is 10.6 Å². The van der Waals surface area contributed by atoms with Crippen molar-refractivity contribution in [2.24, 2.45) is 0 Å². The number of nitrogens with one attached hydrogen (secondary N) is 2. The standard InChI is InChI=1S/C19H18Cl2N2O4/c1-12(24)22-16(13-5-3-2-4-6-13)10-19(26)27-11-18(25)23-17-9-14(20)7-8-15(17)21/h2-9,16H,10-11H2,1H3,(H,22,24)(H,23,25)/t16-/m1/s1. The van der Waals surface area contributed by atoms with Gasteiger partial charge in [0.05, 0.1) is 23.2 Å². The minimum Gasteiger partial charge on any atom is -0.455 e. The lowest BCUT2D eigenvalue weighted by Gasteiger charge is -2.17. The zero-order chi connectivity index (χ0) is 19.8. The van der Waals surface area contributed by atoms with Crippen molar-refractivity contribution in [2.45, 2.75) is 19.4 Å². The number of halogens is 2. The highest BCUT2D eigenvalue weighted by Gasteiger charge is 2.19. The summed E-state index contributed by atoms with van der Waals surface area (Å²) in [4.78, 5) is 35.4. The molecular formula is C19H18Cl2N2O4. The molecule has 0 saturated carbocycles. The van der Waals surface area contributed by atoms with E-state index in [1.807, 2.05) is 6.07 Å². The van der Waals surface area contributed by atoms with Crippen molar-refractivity contribution in [2.75, 3.05) is 11.9 Å². The summed E-state index contributed by atoms with van der Waals surface area (Å²) >= 11 is 11.8. The van der Waals surface area contributed by atoms with Gasteiger partial charge in [0.25, 0.3) is 5.91 Å². The average molecular weight is 409 g/mol. The molecule has 0 aliphatic heterocycles. The van der Waals surface area contributed by atoms with Crippen LogP contribution >= 0.6 is 23.2 Å². The minimum atomic E-state index is -0.620. The lowest BCUT2D eigenvalue weighted by Crippen LogP contribution is -2.29. The Kier molecular flexibility index (Phi) is 7.64. The number of esters is 1. The van der Waals surface area contributed by atoms with E-state index in [4.69, 9.17) is 27.9 Å². The quantitative estimate of drug-likeness (QED) is 0.683. The largest absolute Gasteiger partial charge is 0.455 e. The van der Waals surface area contributed by atoms with Crippen LogP contribution in [0.1, 0.15) is 24.9 Å². The number of benzene rings is 2. The van der Waals surface area contributed by atoms with Gasteiger partial charge in [0, 0.05) is 11.9 Å². The van der Waals surface area contributed by atoms with E-state index in [0.29, 0.717) is 15.7 Å². The van der Waals surface area contributed by atoms with Gasteiger partial charge in [0.2, 0.25) is 5.91 Å². The Balaban J connectivity index is 1.90. The SMILES string of the molecule is CC(=O)N[C@H](CC(=O)OCC(=O)Nc1cc(Cl)ccc1Cl)c1ccccc1. The zero-order valence-electron chi connectivity index (χ0n) is 14.5. The second kappa shape index (κ2) is 9.94. The second-order valence-corrected chi connectivity index (χ2v) is 6.54. The highest BCUT2D eigenvalue weighted by Crippen LogP contribution is 2.25. The topological polar surface area (TPSA) is 84.5 Å². The molecule has 1 atom stereocenters. The van der Waals surface area contributed by atoms with Crippen LogP contribution in [0, 0.1) is 0 Å². The van der Waals surface area contributed by atoms with E-state index in [9.17, 15) is 14.4 Å². The van der Waals surface area contributed by atoms with E-state index in [1.54, 1.807) is 36.4 Å². The Labute approximate surface area is 166 Å². The first kappa shape index (κ1) is 20.7. The first-order chi connectivity index (χ1) is 12.8. The molecule has 142 valence electrons. The van der Waals surface area contributed by atoms with Gasteiger partial charge in [-0.2, -0.15) is 0 Å². The fourth-order valence-electron chi connectivity index (χ4n) is 2.33. The summed E-state index contributed by atoms with van der Waals surface area (Å²) in [7, 11) is 0. The zero-order valence-corrected chi connectivity index (χ0v) is 16.0. The van der Waals surface area contributed by atoms with Crippen LogP contribution in [0.2, 0.25) is 10.0 Å². The van der Waals surface area contributed by atoms with Crippen LogP contribution in [0.3, 0.4) is 0 Å². The third-order valence-corrected chi connectivity index (χ3v) is 4.08. The maximum Gasteiger partial charge on any atom is 0.308 e. The molecule has 27 heavy (non-hydrogen) atoms. The molecule has 0 saturated heterocycles. The average Bonchev–Trinajstić information content (AvgIpc) is 2.63. The molecule has 6 nitrogen and oxygen atoms in total. The molecule has 0 aromatic heterocycles. The molecule has 2 amide bonds. The highest BCUT2D eigenvalue weighted by molar-refractivity contribution is 6.35. The Morgan fingerprint density at radius 2 is 1.78 bits per heavy atom. The van der Waals surface area contributed by atoms with Crippen LogP contribution in [-0.4, -0.2) is 24.4 Å². The summed E-state index contributed by atoms with van der Waals surface area (Å²) in [6.45, 7) is 0.882. The molecule has 0 bridgehead atoms. The predicted molar refractivity (Wildman–Crippen MR) is 104 cm³/mol. The number of carbonyl (C=O) groups excluding carboxylic acids is 3. The Hall–Kier alpha value is -2.57. The van der Waals surface area contributed by atoms with Gasteiger partial charge in [-0.1, -0.05) is 53.5 Å². The maximum atomic E-state index is 12.1. The molecule has 0 heterocycles. The fraction of sp³-hybridized carbons (Fsp3) is 0.211. The lowest BCUT2D eigenvalue weighted by molar-refractivity contribution is -0.148. The summed E-state index contributed by atoms with van der Waals surface area (Å²) in [5, 5.41) is 5.94. The van der Waals surface area contributed by atoms with Crippen molar-refractivity contribution < 1.29 is 19.1 Å². The van der Waals surface area contributed by atoms with E-state index >= 15 is 0 Å². The van der Waals surface area contributed by atoms with E-state index in [-0.39, 0.29) is 12.3 Å². The lowest BCUT2D eigenvalue weighted by atomic mass is 10.0. The van der Waals surface area contributed by atoms with Gasteiger partial charge in [-0.3, -0.25) is 14.4 Å².